The summed E-state index contributed by atoms with van der Waals surface area (Å²) in [5.74, 6) is 0.736. The molecule has 0 spiro atoms. The summed E-state index contributed by atoms with van der Waals surface area (Å²) in [7, 11) is 0.152. The lowest BCUT2D eigenvalue weighted by molar-refractivity contribution is 0.178. The lowest BCUT2D eigenvalue weighted by atomic mass is 9.90. The van der Waals surface area contributed by atoms with Crippen LogP contribution < -0.4 is 9.46 Å². The number of aryl methyl sites for hydroxylation is 1. The van der Waals surface area contributed by atoms with Crippen LogP contribution in [0.15, 0.2) is 53.6 Å². The number of aromatic nitrogens is 1. The number of hydrogen-bond acceptors (Lipinski definition) is 6. The van der Waals surface area contributed by atoms with Gasteiger partial charge >= 0.3 is 0 Å². The third-order valence-electron chi connectivity index (χ3n) is 7.00. The minimum Gasteiger partial charge on any atom is -0.497 e. The van der Waals surface area contributed by atoms with Gasteiger partial charge in [-0.3, -0.25) is 4.98 Å². The minimum absolute atomic E-state index is 0.0958. The van der Waals surface area contributed by atoms with Crippen LogP contribution in [-0.4, -0.2) is 51.1 Å². The number of likely N-dealkylation sites (N-methyl/N-ethyl adjacent to an activating group) is 1. The van der Waals surface area contributed by atoms with E-state index in [1.807, 2.05) is 37.3 Å². The van der Waals surface area contributed by atoms with E-state index in [-0.39, 0.29) is 12.1 Å². The topological polar surface area (TPSA) is 95.3 Å². The number of hydrogen-bond donors (Lipinski definition) is 1. The zero-order chi connectivity index (χ0) is 25.0. The Balaban J connectivity index is 1.45. The van der Waals surface area contributed by atoms with E-state index in [0.717, 1.165) is 60.0 Å². The summed E-state index contributed by atoms with van der Waals surface area (Å²) in [5, 5.41) is 10.6. The van der Waals surface area contributed by atoms with Gasteiger partial charge in [0.05, 0.1) is 23.1 Å². The molecule has 0 amide bonds. The highest BCUT2D eigenvalue weighted by Gasteiger charge is 2.29. The quantitative estimate of drug-likeness (QED) is 0.507. The zero-order valence-corrected chi connectivity index (χ0v) is 21.3. The molecule has 1 fully saturated rings. The van der Waals surface area contributed by atoms with Crippen LogP contribution in [0.3, 0.4) is 0 Å². The Labute approximate surface area is 207 Å². The maximum atomic E-state index is 13.0. The van der Waals surface area contributed by atoms with Crippen LogP contribution in [0.25, 0.3) is 10.9 Å². The van der Waals surface area contributed by atoms with Gasteiger partial charge < -0.3 is 9.64 Å². The van der Waals surface area contributed by atoms with E-state index < -0.39 is 10.0 Å². The highest BCUT2D eigenvalue weighted by Crippen LogP contribution is 2.28. The number of fused-ring (bicyclic) bond motifs is 1. The molecular weight excluding hydrogens is 460 g/mol. The second-order valence-corrected chi connectivity index (χ2v) is 11.0. The molecule has 1 aliphatic carbocycles. The molecule has 1 saturated carbocycles. The van der Waals surface area contributed by atoms with E-state index in [1.165, 1.54) is 0 Å². The van der Waals surface area contributed by atoms with Crippen molar-refractivity contribution in [3.05, 3.63) is 65.4 Å². The maximum Gasteiger partial charge on any atom is 0.241 e. The molecular formula is C27H32N4O3S. The molecule has 2 aromatic carbocycles. The standard InChI is InChI=1S/C27H32N4O3S/c1-19-7-4-5-10-27(19)35(32,33)30-21-8-6-9-22(15-21)31(2)14-13-24-20(17-28)18-29-26-12-11-23(34-3)16-25(24)26/h4-5,7,10-12,16,18,21-22,30H,6,8-9,13-15H2,1-3H3. The van der Waals surface area contributed by atoms with E-state index in [9.17, 15) is 13.7 Å². The average molecular weight is 493 g/mol. The van der Waals surface area contributed by atoms with Crippen molar-refractivity contribution in [2.45, 2.75) is 56.0 Å². The molecule has 7 nitrogen and oxygen atoms in total. The number of benzene rings is 2. The SMILES string of the molecule is COc1ccc2ncc(C#N)c(CCN(C)C3CCCC(NS(=O)(=O)c4ccccc4C)C3)c2c1. The van der Waals surface area contributed by atoms with Crippen LogP contribution in [0.1, 0.15) is 42.4 Å². The number of methoxy groups -OCH3 is 1. The van der Waals surface area contributed by atoms with Crippen molar-refractivity contribution in [2.75, 3.05) is 20.7 Å². The van der Waals surface area contributed by atoms with Gasteiger partial charge in [0.15, 0.2) is 0 Å². The predicted octanol–water partition coefficient (Wildman–Crippen LogP) is 4.19. The van der Waals surface area contributed by atoms with Crippen LogP contribution in [0.5, 0.6) is 5.75 Å². The number of nitrogens with one attached hydrogen (secondary N) is 1. The summed E-state index contributed by atoms with van der Waals surface area (Å²) < 4.78 is 34.3. The molecule has 1 heterocycles. The molecule has 4 rings (SSSR count). The molecule has 0 aliphatic heterocycles. The van der Waals surface area contributed by atoms with Crippen LogP contribution in [0.4, 0.5) is 0 Å². The van der Waals surface area contributed by atoms with Gasteiger partial charge in [0.1, 0.15) is 11.8 Å². The Morgan fingerprint density at radius 3 is 2.77 bits per heavy atom. The summed E-state index contributed by atoms with van der Waals surface area (Å²) in [6, 6.07) is 15.3. The lowest BCUT2D eigenvalue weighted by Crippen LogP contribution is -2.45. The molecule has 3 aromatic rings. The number of nitrogens with zero attached hydrogens (tertiary/aromatic N) is 3. The molecule has 1 aliphatic rings. The van der Waals surface area contributed by atoms with E-state index in [2.05, 4.69) is 27.7 Å². The summed E-state index contributed by atoms with van der Waals surface area (Å²) in [6.45, 7) is 2.58. The molecule has 0 saturated heterocycles. The van der Waals surface area contributed by atoms with Gasteiger partial charge in [0.25, 0.3) is 0 Å². The molecule has 35 heavy (non-hydrogen) atoms. The van der Waals surface area contributed by atoms with Gasteiger partial charge in [-0.05, 0) is 75.0 Å². The van der Waals surface area contributed by atoms with Gasteiger partial charge in [0, 0.05) is 30.2 Å². The first-order chi connectivity index (χ1) is 16.8. The Bertz CT molecular complexity index is 1350. The fourth-order valence-corrected chi connectivity index (χ4v) is 6.53. The van der Waals surface area contributed by atoms with E-state index in [1.54, 1.807) is 25.4 Å². The number of pyridine rings is 1. The number of nitriles is 1. The van der Waals surface area contributed by atoms with Crippen LogP contribution >= 0.6 is 0 Å². The van der Waals surface area contributed by atoms with Gasteiger partial charge in [-0.2, -0.15) is 5.26 Å². The first-order valence-corrected chi connectivity index (χ1v) is 13.4. The maximum absolute atomic E-state index is 13.0. The first-order valence-electron chi connectivity index (χ1n) is 12.0. The Hall–Kier alpha value is -2.99. The minimum atomic E-state index is -3.56. The van der Waals surface area contributed by atoms with E-state index in [0.29, 0.717) is 16.9 Å². The first kappa shape index (κ1) is 25.1. The smallest absolute Gasteiger partial charge is 0.241 e. The molecule has 0 radical (unpaired) electrons. The molecule has 2 unspecified atom stereocenters. The summed E-state index contributed by atoms with van der Waals surface area (Å²) in [5.41, 5.74) is 3.13. The van der Waals surface area contributed by atoms with Crippen LogP contribution in [-0.2, 0) is 16.4 Å². The largest absolute Gasteiger partial charge is 0.497 e. The molecule has 184 valence electrons. The highest BCUT2D eigenvalue weighted by molar-refractivity contribution is 7.89. The zero-order valence-electron chi connectivity index (χ0n) is 20.5. The second-order valence-electron chi connectivity index (χ2n) is 9.28. The van der Waals surface area contributed by atoms with Gasteiger partial charge in [-0.1, -0.05) is 24.6 Å². The monoisotopic (exact) mass is 492 g/mol. The lowest BCUT2D eigenvalue weighted by Gasteiger charge is -2.35. The summed E-state index contributed by atoms with van der Waals surface area (Å²) in [4.78, 5) is 7.06. The normalized spacial score (nSPS) is 18.5. The van der Waals surface area contributed by atoms with Crippen LogP contribution in [0.2, 0.25) is 0 Å². The Morgan fingerprint density at radius 1 is 1.23 bits per heavy atom. The average Bonchev–Trinajstić information content (AvgIpc) is 2.86. The number of rotatable bonds is 8. The van der Waals surface area contributed by atoms with Crippen molar-refractivity contribution >= 4 is 20.9 Å². The highest BCUT2D eigenvalue weighted by atomic mass is 32.2. The van der Waals surface area contributed by atoms with Crippen molar-refractivity contribution in [2.24, 2.45) is 0 Å². The number of sulfonamides is 1. The van der Waals surface area contributed by atoms with Crippen LogP contribution in [0, 0.1) is 18.3 Å². The van der Waals surface area contributed by atoms with Gasteiger partial charge in [-0.25, -0.2) is 13.1 Å². The van der Waals surface area contributed by atoms with Crippen molar-refractivity contribution in [3.8, 4) is 11.8 Å². The molecule has 0 bridgehead atoms. The fourth-order valence-electron chi connectivity index (χ4n) is 5.00. The second kappa shape index (κ2) is 10.7. The van der Waals surface area contributed by atoms with Crippen molar-refractivity contribution in [1.82, 2.24) is 14.6 Å². The van der Waals surface area contributed by atoms with Crippen molar-refractivity contribution < 1.29 is 13.2 Å². The fraction of sp³-hybridized carbons (Fsp3) is 0.407. The van der Waals surface area contributed by atoms with Gasteiger partial charge in [0.2, 0.25) is 10.0 Å². The number of ether oxygens (including phenoxy) is 1. The van der Waals surface area contributed by atoms with E-state index in [4.69, 9.17) is 4.74 Å². The molecule has 1 N–H and O–H groups in total. The van der Waals surface area contributed by atoms with Crippen molar-refractivity contribution in [1.29, 1.82) is 5.26 Å². The van der Waals surface area contributed by atoms with E-state index >= 15 is 0 Å². The predicted molar refractivity (Wildman–Crippen MR) is 137 cm³/mol. The van der Waals surface area contributed by atoms with Crippen molar-refractivity contribution in [3.63, 3.8) is 0 Å². The molecule has 1 aromatic heterocycles. The third kappa shape index (κ3) is 5.64. The Morgan fingerprint density at radius 2 is 2.03 bits per heavy atom. The molecule has 2 atom stereocenters. The summed E-state index contributed by atoms with van der Waals surface area (Å²) >= 11 is 0. The van der Waals surface area contributed by atoms with Gasteiger partial charge in [-0.15, -0.1) is 0 Å². The molecule has 8 heteroatoms. The summed E-state index contributed by atoms with van der Waals surface area (Å²) in [6.07, 6.45) is 5.92. The third-order valence-corrected chi connectivity index (χ3v) is 8.68. The Kier molecular flexibility index (Phi) is 7.70.